The quantitative estimate of drug-likeness (QED) is 0.612. The summed E-state index contributed by atoms with van der Waals surface area (Å²) >= 11 is 0. The van der Waals surface area contributed by atoms with Gasteiger partial charge in [0.25, 0.3) is 0 Å². The molecule has 0 atom stereocenters. The summed E-state index contributed by atoms with van der Waals surface area (Å²) in [6, 6.07) is 0. The van der Waals surface area contributed by atoms with Crippen LogP contribution < -0.4 is 0 Å². The third kappa shape index (κ3) is 8.16. The summed E-state index contributed by atoms with van der Waals surface area (Å²) in [5.41, 5.74) is -0.00166. The molecule has 0 aliphatic heterocycles. The van der Waals surface area contributed by atoms with Gasteiger partial charge in [-0.15, -0.1) is 0 Å². The van der Waals surface area contributed by atoms with Crippen LogP contribution in [0.5, 0.6) is 0 Å². The van der Waals surface area contributed by atoms with Gasteiger partial charge in [-0.05, 0) is 32.1 Å². The van der Waals surface area contributed by atoms with Gasteiger partial charge in [0.2, 0.25) is 0 Å². The van der Waals surface area contributed by atoms with Crippen molar-refractivity contribution in [1.82, 2.24) is 0 Å². The second-order valence-corrected chi connectivity index (χ2v) is 4.70. The molecule has 0 aromatic heterocycles. The van der Waals surface area contributed by atoms with Crippen LogP contribution in [0, 0.1) is 5.41 Å². The van der Waals surface area contributed by atoms with E-state index in [0.717, 1.165) is 12.8 Å². The second-order valence-electron chi connectivity index (χ2n) is 4.70. The zero-order valence-corrected chi connectivity index (χ0v) is 10.3. The summed E-state index contributed by atoms with van der Waals surface area (Å²) in [5, 5.41) is 0. The second kappa shape index (κ2) is 6.59. The van der Waals surface area contributed by atoms with Crippen LogP contribution in [-0.4, -0.2) is 18.4 Å². The predicted octanol–water partition coefficient (Wildman–Crippen LogP) is 2.73. The van der Waals surface area contributed by atoms with Crippen LogP contribution in [0.25, 0.3) is 0 Å². The fraction of sp³-hybridized carbons (Fsp3) is 0.833. The Morgan fingerprint density at radius 2 is 1.87 bits per heavy atom. The monoisotopic (exact) mass is 214 g/mol. The van der Waals surface area contributed by atoms with Crippen LogP contribution in [0.2, 0.25) is 0 Å². The molecule has 15 heavy (non-hydrogen) atoms. The standard InChI is InChI=1S/C12H22O3/c1-5-15-11(14)7-6-8-12(3,4)9-10(2)13/h5-9H2,1-4H3. The first-order valence-corrected chi connectivity index (χ1v) is 5.52. The molecule has 0 aliphatic rings. The van der Waals surface area contributed by atoms with Crippen molar-refractivity contribution in [2.24, 2.45) is 5.41 Å². The number of ketones is 1. The third-order valence-corrected chi connectivity index (χ3v) is 2.27. The maximum Gasteiger partial charge on any atom is 0.305 e. The number of hydrogen-bond donors (Lipinski definition) is 0. The molecule has 0 fully saturated rings. The molecule has 0 aliphatic carbocycles. The third-order valence-electron chi connectivity index (χ3n) is 2.27. The molecule has 0 aromatic rings. The predicted molar refractivity (Wildman–Crippen MR) is 59.6 cm³/mol. The van der Waals surface area contributed by atoms with Crippen molar-refractivity contribution in [1.29, 1.82) is 0 Å². The van der Waals surface area contributed by atoms with E-state index < -0.39 is 0 Å². The minimum atomic E-state index is -0.142. The zero-order valence-electron chi connectivity index (χ0n) is 10.3. The summed E-state index contributed by atoms with van der Waals surface area (Å²) in [4.78, 5) is 22.0. The van der Waals surface area contributed by atoms with Crippen LogP contribution in [0.1, 0.15) is 53.4 Å². The van der Waals surface area contributed by atoms with E-state index in [1.165, 1.54) is 0 Å². The first kappa shape index (κ1) is 14.1. The van der Waals surface area contributed by atoms with E-state index in [0.29, 0.717) is 19.4 Å². The molecular formula is C12H22O3. The molecule has 0 bridgehead atoms. The smallest absolute Gasteiger partial charge is 0.305 e. The number of rotatable bonds is 7. The average Bonchev–Trinajstić information content (AvgIpc) is 2.01. The van der Waals surface area contributed by atoms with E-state index in [1.54, 1.807) is 13.8 Å². The summed E-state index contributed by atoms with van der Waals surface area (Å²) in [6.07, 6.45) is 2.70. The largest absolute Gasteiger partial charge is 0.466 e. The summed E-state index contributed by atoms with van der Waals surface area (Å²) in [6.45, 7) is 7.96. The molecule has 0 heterocycles. The van der Waals surface area contributed by atoms with Crippen LogP contribution in [0.4, 0.5) is 0 Å². The number of carbonyl (C=O) groups is 2. The van der Waals surface area contributed by atoms with Crippen molar-refractivity contribution in [3.8, 4) is 0 Å². The minimum Gasteiger partial charge on any atom is -0.466 e. The minimum absolute atomic E-state index is 0.00166. The number of Topliss-reactive ketones (excluding diaryl/α,β-unsaturated/α-hetero) is 1. The normalized spacial score (nSPS) is 11.2. The zero-order chi connectivity index (χ0) is 11.9. The Morgan fingerprint density at radius 3 is 2.33 bits per heavy atom. The number of esters is 1. The Morgan fingerprint density at radius 1 is 1.27 bits per heavy atom. The van der Waals surface area contributed by atoms with Crippen molar-refractivity contribution >= 4 is 11.8 Å². The molecule has 0 aromatic carbocycles. The van der Waals surface area contributed by atoms with Crippen molar-refractivity contribution in [2.75, 3.05) is 6.61 Å². The first-order chi connectivity index (χ1) is 6.87. The highest BCUT2D eigenvalue weighted by Crippen LogP contribution is 2.27. The Balaban J connectivity index is 3.74. The molecule has 0 N–H and O–H groups in total. The van der Waals surface area contributed by atoms with Crippen molar-refractivity contribution in [3.05, 3.63) is 0 Å². The fourth-order valence-corrected chi connectivity index (χ4v) is 1.71. The first-order valence-electron chi connectivity index (χ1n) is 5.52. The molecule has 0 radical (unpaired) electrons. The lowest BCUT2D eigenvalue weighted by Crippen LogP contribution is -2.16. The Kier molecular flexibility index (Phi) is 6.21. The van der Waals surface area contributed by atoms with E-state index >= 15 is 0 Å². The topological polar surface area (TPSA) is 43.4 Å². The van der Waals surface area contributed by atoms with E-state index in [2.05, 4.69) is 13.8 Å². The average molecular weight is 214 g/mol. The lowest BCUT2D eigenvalue weighted by atomic mass is 9.82. The van der Waals surface area contributed by atoms with Gasteiger partial charge in [0.05, 0.1) is 6.61 Å². The highest BCUT2D eigenvalue weighted by molar-refractivity contribution is 5.76. The summed E-state index contributed by atoms with van der Waals surface area (Å²) in [5.74, 6) is 0.0623. The Bertz CT molecular complexity index is 219. The van der Waals surface area contributed by atoms with Crippen molar-refractivity contribution < 1.29 is 14.3 Å². The molecule has 0 saturated heterocycles. The molecule has 3 heteroatoms. The lowest BCUT2D eigenvalue weighted by molar-refractivity contribution is -0.143. The molecule has 0 spiro atoms. The SMILES string of the molecule is CCOC(=O)CCCC(C)(C)CC(C)=O. The van der Waals surface area contributed by atoms with Gasteiger partial charge in [-0.25, -0.2) is 0 Å². The van der Waals surface area contributed by atoms with Crippen LogP contribution in [0.15, 0.2) is 0 Å². The Hall–Kier alpha value is -0.860. The number of hydrogen-bond acceptors (Lipinski definition) is 3. The lowest BCUT2D eigenvalue weighted by Gasteiger charge is -2.22. The number of carbonyl (C=O) groups excluding carboxylic acids is 2. The van der Waals surface area contributed by atoms with Gasteiger partial charge >= 0.3 is 5.97 Å². The van der Waals surface area contributed by atoms with Gasteiger partial charge in [-0.2, -0.15) is 0 Å². The van der Waals surface area contributed by atoms with Gasteiger partial charge in [0, 0.05) is 12.8 Å². The maximum absolute atomic E-state index is 11.1. The molecule has 0 rings (SSSR count). The molecule has 0 amide bonds. The van der Waals surface area contributed by atoms with Gasteiger partial charge in [-0.1, -0.05) is 13.8 Å². The Labute approximate surface area is 92.2 Å². The molecule has 0 saturated carbocycles. The maximum atomic E-state index is 11.1. The molecule has 0 unspecified atom stereocenters. The van der Waals surface area contributed by atoms with E-state index in [1.807, 2.05) is 0 Å². The number of ether oxygens (including phenoxy) is 1. The highest BCUT2D eigenvalue weighted by atomic mass is 16.5. The fourth-order valence-electron chi connectivity index (χ4n) is 1.71. The molecular weight excluding hydrogens is 192 g/mol. The van der Waals surface area contributed by atoms with Crippen LogP contribution >= 0.6 is 0 Å². The van der Waals surface area contributed by atoms with Crippen LogP contribution in [0.3, 0.4) is 0 Å². The summed E-state index contributed by atoms with van der Waals surface area (Å²) < 4.78 is 4.83. The van der Waals surface area contributed by atoms with E-state index in [4.69, 9.17) is 4.74 Å². The van der Waals surface area contributed by atoms with Crippen molar-refractivity contribution in [2.45, 2.75) is 53.4 Å². The summed E-state index contributed by atoms with van der Waals surface area (Å²) in [7, 11) is 0. The van der Waals surface area contributed by atoms with E-state index in [9.17, 15) is 9.59 Å². The van der Waals surface area contributed by atoms with Crippen molar-refractivity contribution in [3.63, 3.8) is 0 Å². The van der Waals surface area contributed by atoms with E-state index in [-0.39, 0.29) is 17.2 Å². The molecule has 3 nitrogen and oxygen atoms in total. The molecule has 88 valence electrons. The van der Waals surface area contributed by atoms with Crippen LogP contribution in [-0.2, 0) is 14.3 Å². The van der Waals surface area contributed by atoms with Gasteiger partial charge in [0.15, 0.2) is 0 Å². The highest BCUT2D eigenvalue weighted by Gasteiger charge is 2.20. The van der Waals surface area contributed by atoms with Gasteiger partial charge < -0.3 is 9.53 Å². The van der Waals surface area contributed by atoms with Gasteiger partial charge in [0.1, 0.15) is 5.78 Å². The van der Waals surface area contributed by atoms with Gasteiger partial charge in [-0.3, -0.25) is 4.79 Å².